The molecule has 0 aliphatic heterocycles. The lowest BCUT2D eigenvalue weighted by molar-refractivity contribution is 0.940. The van der Waals surface area contributed by atoms with Crippen LogP contribution >= 0.6 is 11.6 Å². The van der Waals surface area contributed by atoms with Crippen LogP contribution in [0, 0.1) is 6.92 Å². The molecule has 17 heavy (non-hydrogen) atoms. The molecule has 2 aromatic rings. The molecule has 1 heterocycles. The van der Waals surface area contributed by atoms with Crippen LogP contribution in [0.3, 0.4) is 0 Å². The van der Waals surface area contributed by atoms with Gasteiger partial charge in [-0.15, -0.1) is 0 Å². The van der Waals surface area contributed by atoms with Gasteiger partial charge in [-0.2, -0.15) is 0 Å². The molecule has 0 amide bonds. The minimum atomic E-state index is 0.543. The smallest absolute Gasteiger partial charge is 0.131 e. The highest BCUT2D eigenvalue weighted by Gasteiger charge is 2.09. The Labute approximate surface area is 106 Å². The van der Waals surface area contributed by atoms with Crippen LogP contribution in [0.2, 0.25) is 5.02 Å². The molecule has 0 saturated carbocycles. The summed E-state index contributed by atoms with van der Waals surface area (Å²) < 4.78 is 0. The van der Waals surface area contributed by atoms with E-state index in [9.17, 15) is 0 Å². The summed E-state index contributed by atoms with van der Waals surface area (Å²) in [5.74, 6) is 1.31. The zero-order chi connectivity index (χ0) is 12.4. The zero-order valence-corrected chi connectivity index (χ0v) is 10.6. The first-order valence-corrected chi connectivity index (χ1v) is 5.88. The number of benzene rings is 1. The van der Waals surface area contributed by atoms with E-state index >= 15 is 0 Å². The van der Waals surface area contributed by atoms with Gasteiger partial charge in [-0.3, -0.25) is 0 Å². The Morgan fingerprint density at radius 3 is 2.41 bits per heavy atom. The van der Waals surface area contributed by atoms with E-state index in [1.807, 2.05) is 38.1 Å². The van der Waals surface area contributed by atoms with Crippen molar-refractivity contribution in [3.8, 4) is 11.3 Å². The summed E-state index contributed by atoms with van der Waals surface area (Å²) in [6.07, 6.45) is 0.769. The summed E-state index contributed by atoms with van der Waals surface area (Å²) in [5.41, 5.74) is 8.68. The van der Waals surface area contributed by atoms with E-state index in [2.05, 4.69) is 9.97 Å². The predicted octanol–water partition coefficient (Wildman–Crippen LogP) is 3.25. The number of halogens is 1. The Balaban J connectivity index is 2.57. The summed E-state index contributed by atoms with van der Waals surface area (Å²) >= 11 is 5.87. The summed E-state index contributed by atoms with van der Waals surface area (Å²) in [4.78, 5) is 8.75. The molecule has 0 fully saturated rings. The van der Waals surface area contributed by atoms with E-state index in [1.165, 1.54) is 0 Å². The fourth-order valence-electron chi connectivity index (χ4n) is 1.63. The molecule has 0 aliphatic rings. The molecule has 0 bridgehead atoms. The zero-order valence-electron chi connectivity index (χ0n) is 9.87. The number of nitrogens with zero attached hydrogens (tertiary/aromatic N) is 2. The van der Waals surface area contributed by atoms with Gasteiger partial charge in [-0.1, -0.05) is 30.7 Å². The van der Waals surface area contributed by atoms with Gasteiger partial charge < -0.3 is 5.73 Å². The summed E-state index contributed by atoms with van der Waals surface area (Å²) in [7, 11) is 0. The van der Waals surface area contributed by atoms with E-state index in [1.54, 1.807) is 0 Å². The van der Waals surface area contributed by atoms with Gasteiger partial charge in [0.15, 0.2) is 0 Å². The highest BCUT2D eigenvalue weighted by Crippen LogP contribution is 2.25. The molecule has 1 aromatic carbocycles. The van der Waals surface area contributed by atoms with Crippen molar-refractivity contribution >= 4 is 17.4 Å². The molecular weight excluding hydrogens is 234 g/mol. The number of aromatic nitrogens is 2. The van der Waals surface area contributed by atoms with E-state index < -0.39 is 0 Å². The molecule has 3 nitrogen and oxygen atoms in total. The van der Waals surface area contributed by atoms with Gasteiger partial charge in [0.2, 0.25) is 0 Å². The standard InChI is InChI=1S/C13H14ClN3/c1-3-11-16-12(8(2)13(15)17-11)9-4-6-10(14)7-5-9/h4-7H,3H2,1-2H3,(H2,15,16,17). The number of hydrogen-bond acceptors (Lipinski definition) is 3. The summed E-state index contributed by atoms with van der Waals surface area (Å²) in [6.45, 7) is 3.94. The van der Waals surface area contributed by atoms with Crippen molar-refractivity contribution in [2.24, 2.45) is 0 Å². The van der Waals surface area contributed by atoms with Gasteiger partial charge in [0.1, 0.15) is 11.6 Å². The molecule has 2 N–H and O–H groups in total. The van der Waals surface area contributed by atoms with Crippen molar-refractivity contribution < 1.29 is 0 Å². The highest BCUT2D eigenvalue weighted by atomic mass is 35.5. The molecular formula is C13H14ClN3. The number of nitrogen functional groups attached to an aromatic ring is 1. The average molecular weight is 248 g/mol. The van der Waals surface area contributed by atoms with Crippen molar-refractivity contribution in [2.75, 3.05) is 5.73 Å². The van der Waals surface area contributed by atoms with Crippen LogP contribution in [-0.4, -0.2) is 9.97 Å². The quantitative estimate of drug-likeness (QED) is 0.886. The number of hydrogen-bond donors (Lipinski definition) is 1. The van der Waals surface area contributed by atoms with Crippen LogP contribution < -0.4 is 5.73 Å². The summed E-state index contributed by atoms with van der Waals surface area (Å²) in [6, 6.07) is 7.58. The first-order valence-electron chi connectivity index (χ1n) is 5.50. The SMILES string of the molecule is CCc1nc(N)c(C)c(-c2ccc(Cl)cc2)n1. The van der Waals surface area contributed by atoms with Gasteiger partial charge in [0.25, 0.3) is 0 Å². The topological polar surface area (TPSA) is 51.8 Å². The first kappa shape index (κ1) is 11.9. The van der Waals surface area contributed by atoms with E-state index in [-0.39, 0.29) is 0 Å². The van der Waals surface area contributed by atoms with E-state index in [0.29, 0.717) is 10.8 Å². The lowest BCUT2D eigenvalue weighted by Crippen LogP contribution is -2.04. The average Bonchev–Trinajstić information content (AvgIpc) is 2.34. The van der Waals surface area contributed by atoms with Crippen LogP contribution in [0.25, 0.3) is 11.3 Å². The monoisotopic (exact) mass is 247 g/mol. The number of aryl methyl sites for hydroxylation is 1. The third-order valence-electron chi connectivity index (χ3n) is 2.66. The third kappa shape index (κ3) is 2.39. The number of anilines is 1. The largest absolute Gasteiger partial charge is 0.383 e. The van der Waals surface area contributed by atoms with Gasteiger partial charge in [-0.05, 0) is 19.1 Å². The van der Waals surface area contributed by atoms with Crippen LogP contribution in [-0.2, 0) is 6.42 Å². The minimum absolute atomic E-state index is 0.543. The molecule has 4 heteroatoms. The van der Waals surface area contributed by atoms with Crippen molar-refractivity contribution in [1.29, 1.82) is 0 Å². The predicted molar refractivity (Wildman–Crippen MR) is 71.0 cm³/mol. The van der Waals surface area contributed by atoms with Gasteiger partial charge >= 0.3 is 0 Å². The molecule has 2 rings (SSSR count). The molecule has 0 spiro atoms. The third-order valence-corrected chi connectivity index (χ3v) is 2.92. The Morgan fingerprint density at radius 1 is 1.18 bits per heavy atom. The van der Waals surface area contributed by atoms with Gasteiger partial charge in [0, 0.05) is 22.6 Å². The minimum Gasteiger partial charge on any atom is -0.383 e. The highest BCUT2D eigenvalue weighted by molar-refractivity contribution is 6.30. The van der Waals surface area contributed by atoms with E-state index in [0.717, 1.165) is 29.1 Å². The first-order chi connectivity index (χ1) is 8.11. The lowest BCUT2D eigenvalue weighted by atomic mass is 10.1. The Morgan fingerprint density at radius 2 is 1.82 bits per heavy atom. The second-order valence-electron chi connectivity index (χ2n) is 3.86. The maximum atomic E-state index is 5.89. The Kier molecular flexibility index (Phi) is 3.29. The second kappa shape index (κ2) is 4.72. The van der Waals surface area contributed by atoms with Gasteiger partial charge in [-0.25, -0.2) is 9.97 Å². The molecule has 0 saturated heterocycles. The van der Waals surface area contributed by atoms with E-state index in [4.69, 9.17) is 17.3 Å². The van der Waals surface area contributed by atoms with Crippen molar-refractivity contribution in [2.45, 2.75) is 20.3 Å². The summed E-state index contributed by atoms with van der Waals surface area (Å²) in [5, 5.41) is 0.712. The number of rotatable bonds is 2. The van der Waals surface area contributed by atoms with Crippen LogP contribution in [0.5, 0.6) is 0 Å². The molecule has 0 radical (unpaired) electrons. The second-order valence-corrected chi connectivity index (χ2v) is 4.30. The van der Waals surface area contributed by atoms with Crippen LogP contribution in [0.1, 0.15) is 18.3 Å². The van der Waals surface area contributed by atoms with Crippen molar-refractivity contribution in [3.05, 3.63) is 40.7 Å². The Hall–Kier alpha value is -1.61. The lowest BCUT2D eigenvalue weighted by Gasteiger charge is -2.09. The molecule has 0 unspecified atom stereocenters. The number of nitrogens with two attached hydrogens (primary N) is 1. The fraction of sp³-hybridized carbons (Fsp3) is 0.231. The maximum Gasteiger partial charge on any atom is 0.131 e. The molecule has 1 aromatic heterocycles. The molecule has 0 aliphatic carbocycles. The molecule has 0 atom stereocenters. The fourth-order valence-corrected chi connectivity index (χ4v) is 1.76. The maximum absolute atomic E-state index is 5.89. The molecule has 88 valence electrons. The van der Waals surface area contributed by atoms with Gasteiger partial charge in [0.05, 0.1) is 5.69 Å². The van der Waals surface area contributed by atoms with Crippen molar-refractivity contribution in [3.63, 3.8) is 0 Å². The van der Waals surface area contributed by atoms with Crippen molar-refractivity contribution in [1.82, 2.24) is 9.97 Å². The van der Waals surface area contributed by atoms with Crippen LogP contribution in [0.4, 0.5) is 5.82 Å². The normalized spacial score (nSPS) is 10.5. The Bertz CT molecular complexity index is 535. The van der Waals surface area contributed by atoms with Crippen LogP contribution in [0.15, 0.2) is 24.3 Å².